The van der Waals surface area contributed by atoms with Crippen molar-refractivity contribution in [3.8, 4) is 44.5 Å². The average molecular weight is 699 g/mol. The molecule has 0 aliphatic heterocycles. The molecule has 0 saturated carbocycles. The Labute approximate surface area is 319 Å². The highest BCUT2D eigenvalue weighted by atomic mass is 16.3. The van der Waals surface area contributed by atoms with Crippen LogP contribution in [0.1, 0.15) is 45.2 Å². The van der Waals surface area contributed by atoms with Crippen LogP contribution in [0.2, 0.25) is 0 Å². The molecule has 0 saturated heterocycles. The molecule has 0 amide bonds. The minimum Gasteiger partial charge on any atom is -0.455 e. The summed E-state index contributed by atoms with van der Waals surface area (Å²) in [6, 6.07) is 71.7. The second-order valence-corrected chi connectivity index (χ2v) is 15.2. The Balaban J connectivity index is 0.928. The first-order chi connectivity index (χ1) is 27.3. The van der Waals surface area contributed by atoms with Gasteiger partial charge in [0.2, 0.25) is 0 Å². The molecule has 1 heterocycles. The smallest absolute Gasteiger partial charge is 0.143 e. The number of furan rings is 1. The highest BCUT2D eigenvalue weighted by Gasteiger charge is 2.32. The molecule has 2 aliphatic rings. The highest BCUT2D eigenvalue weighted by Crippen LogP contribution is 2.52. The molecule has 1 nitrogen and oxygen atoms in total. The standard InChI is InChI=1S/C54H34O/c1-2-11-33(12-3-1)52-45-16-6-4-13-41(45)43-27-25-37(32-50(43)52)36-26-28-47-49(31-36)42-14-5-7-17-46(42)53(47)39-24-22-34-29-38(23-21-35(34)30-39)40-18-10-19-48-44-15-8-9-20-51(44)55-54(40)48/h1-32,52-53H. The average Bonchev–Trinajstić information content (AvgIpc) is 3.91. The molecule has 55 heavy (non-hydrogen) atoms. The lowest BCUT2D eigenvalue weighted by atomic mass is 9.86. The maximum atomic E-state index is 6.40. The van der Waals surface area contributed by atoms with Gasteiger partial charge in [-0.05, 0) is 107 Å². The molecule has 2 unspecified atom stereocenters. The Morgan fingerprint density at radius 3 is 1.78 bits per heavy atom. The minimum atomic E-state index is 0.172. The summed E-state index contributed by atoms with van der Waals surface area (Å²) in [4.78, 5) is 0. The lowest BCUT2D eigenvalue weighted by molar-refractivity contribution is 0.670. The number of benzene rings is 9. The van der Waals surface area contributed by atoms with E-state index in [2.05, 4.69) is 188 Å². The molecule has 0 radical (unpaired) electrons. The van der Waals surface area contributed by atoms with Crippen molar-refractivity contribution in [1.29, 1.82) is 0 Å². The van der Waals surface area contributed by atoms with Gasteiger partial charge >= 0.3 is 0 Å². The van der Waals surface area contributed by atoms with Crippen LogP contribution in [0.5, 0.6) is 0 Å². The molecule has 12 rings (SSSR count). The molecule has 10 aromatic rings. The zero-order chi connectivity index (χ0) is 36.0. The van der Waals surface area contributed by atoms with Gasteiger partial charge in [-0.25, -0.2) is 0 Å². The fraction of sp³-hybridized carbons (Fsp3) is 0.0370. The first-order valence-electron chi connectivity index (χ1n) is 19.2. The number of fused-ring (bicyclic) bond motifs is 10. The first-order valence-corrected chi connectivity index (χ1v) is 19.2. The van der Waals surface area contributed by atoms with Gasteiger partial charge in [-0.1, -0.05) is 170 Å². The summed E-state index contributed by atoms with van der Waals surface area (Å²) >= 11 is 0. The molecule has 1 aromatic heterocycles. The van der Waals surface area contributed by atoms with Gasteiger partial charge in [-0.3, -0.25) is 0 Å². The Morgan fingerprint density at radius 2 is 0.909 bits per heavy atom. The number of hydrogen-bond donors (Lipinski definition) is 0. The van der Waals surface area contributed by atoms with Gasteiger partial charge in [0.05, 0.1) is 0 Å². The fourth-order valence-corrected chi connectivity index (χ4v) is 9.72. The van der Waals surface area contributed by atoms with E-state index < -0.39 is 0 Å². The SMILES string of the molecule is c1ccc(C2c3ccccc3-c3ccc(-c4ccc5c(c4)-c4ccccc4C5c4ccc5cc(-c6cccc7c6oc6ccccc67)ccc5c4)cc32)cc1. The van der Waals surface area contributed by atoms with Crippen molar-refractivity contribution in [3.05, 3.63) is 228 Å². The van der Waals surface area contributed by atoms with Crippen molar-refractivity contribution in [2.24, 2.45) is 0 Å². The van der Waals surface area contributed by atoms with Crippen LogP contribution in [-0.2, 0) is 0 Å². The van der Waals surface area contributed by atoms with Crippen LogP contribution in [0.25, 0.3) is 77.2 Å². The Bertz CT molecular complexity index is 3160. The van der Waals surface area contributed by atoms with Crippen molar-refractivity contribution in [2.45, 2.75) is 11.8 Å². The van der Waals surface area contributed by atoms with Crippen LogP contribution < -0.4 is 0 Å². The fourth-order valence-electron chi connectivity index (χ4n) is 9.72. The number of hydrogen-bond acceptors (Lipinski definition) is 1. The summed E-state index contributed by atoms with van der Waals surface area (Å²) in [6.07, 6.45) is 0. The van der Waals surface area contributed by atoms with Gasteiger partial charge in [0.15, 0.2) is 0 Å². The van der Waals surface area contributed by atoms with Gasteiger partial charge in [0.1, 0.15) is 11.2 Å². The van der Waals surface area contributed by atoms with Crippen LogP contribution in [0.3, 0.4) is 0 Å². The molecule has 2 atom stereocenters. The summed E-state index contributed by atoms with van der Waals surface area (Å²) in [5.41, 5.74) is 20.2. The van der Waals surface area contributed by atoms with Crippen LogP contribution >= 0.6 is 0 Å². The molecule has 9 aromatic carbocycles. The monoisotopic (exact) mass is 698 g/mol. The molecular weight excluding hydrogens is 665 g/mol. The Kier molecular flexibility index (Phi) is 6.53. The number of rotatable bonds is 4. The lowest BCUT2D eigenvalue weighted by Gasteiger charge is -2.17. The Morgan fingerprint density at radius 1 is 0.309 bits per heavy atom. The minimum absolute atomic E-state index is 0.172. The van der Waals surface area contributed by atoms with E-state index in [1.165, 1.54) is 83.1 Å². The largest absolute Gasteiger partial charge is 0.455 e. The van der Waals surface area contributed by atoms with E-state index in [4.69, 9.17) is 4.42 Å². The van der Waals surface area contributed by atoms with Gasteiger partial charge in [0.25, 0.3) is 0 Å². The topological polar surface area (TPSA) is 13.1 Å². The van der Waals surface area contributed by atoms with Crippen molar-refractivity contribution >= 4 is 32.7 Å². The van der Waals surface area contributed by atoms with E-state index in [9.17, 15) is 0 Å². The van der Waals surface area contributed by atoms with E-state index in [1.807, 2.05) is 6.07 Å². The predicted molar refractivity (Wildman–Crippen MR) is 228 cm³/mol. The summed E-state index contributed by atoms with van der Waals surface area (Å²) in [7, 11) is 0. The Hall–Kier alpha value is -6.96. The van der Waals surface area contributed by atoms with Crippen LogP contribution in [0.4, 0.5) is 0 Å². The zero-order valence-corrected chi connectivity index (χ0v) is 30.0. The predicted octanol–water partition coefficient (Wildman–Crippen LogP) is 14.4. The van der Waals surface area contributed by atoms with E-state index >= 15 is 0 Å². The van der Waals surface area contributed by atoms with E-state index in [-0.39, 0.29) is 11.8 Å². The van der Waals surface area contributed by atoms with Gasteiger partial charge in [0, 0.05) is 28.2 Å². The molecule has 0 fully saturated rings. The first kappa shape index (κ1) is 30.5. The van der Waals surface area contributed by atoms with E-state index in [1.54, 1.807) is 0 Å². The second kappa shape index (κ2) is 11.8. The van der Waals surface area contributed by atoms with Crippen LogP contribution in [-0.4, -0.2) is 0 Å². The molecule has 0 bridgehead atoms. The van der Waals surface area contributed by atoms with Crippen LogP contribution in [0.15, 0.2) is 199 Å². The zero-order valence-electron chi connectivity index (χ0n) is 30.0. The van der Waals surface area contributed by atoms with E-state index in [0.717, 1.165) is 27.5 Å². The van der Waals surface area contributed by atoms with Crippen molar-refractivity contribution in [3.63, 3.8) is 0 Å². The van der Waals surface area contributed by atoms with Crippen molar-refractivity contribution in [1.82, 2.24) is 0 Å². The third-order valence-corrected chi connectivity index (χ3v) is 12.2. The summed E-state index contributed by atoms with van der Waals surface area (Å²) in [5.74, 6) is 0.403. The quantitative estimate of drug-likeness (QED) is 0.178. The molecule has 256 valence electrons. The maximum Gasteiger partial charge on any atom is 0.143 e. The highest BCUT2D eigenvalue weighted by molar-refractivity contribution is 6.10. The summed E-state index contributed by atoms with van der Waals surface area (Å²) in [5, 5.41) is 4.78. The molecule has 0 N–H and O–H groups in total. The molecular formula is C54H34O. The van der Waals surface area contributed by atoms with E-state index in [0.29, 0.717) is 0 Å². The van der Waals surface area contributed by atoms with Gasteiger partial charge in [-0.2, -0.15) is 0 Å². The summed E-state index contributed by atoms with van der Waals surface area (Å²) < 4.78 is 6.40. The van der Waals surface area contributed by atoms with Gasteiger partial charge in [-0.15, -0.1) is 0 Å². The molecule has 2 aliphatic carbocycles. The summed E-state index contributed by atoms with van der Waals surface area (Å²) in [6.45, 7) is 0. The third kappa shape index (κ3) is 4.60. The lowest BCUT2D eigenvalue weighted by Crippen LogP contribution is -2.00. The maximum absolute atomic E-state index is 6.40. The number of para-hydroxylation sites is 2. The normalized spacial score (nSPS) is 15.3. The third-order valence-electron chi connectivity index (χ3n) is 12.2. The van der Waals surface area contributed by atoms with Crippen molar-refractivity contribution in [2.75, 3.05) is 0 Å². The van der Waals surface area contributed by atoms with Gasteiger partial charge < -0.3 is 4.42 Å². The van der Waals surface area contributed by atoms with Crippen molar-refractivity contribution < 1.29 is 4.42 Å². The second-order valence-electron chi connectivity index (χ2n) is 15.2. The molecule has 0 spiro atoms. The van der Waals surface area contributed by atoms with Crippen LogP contribution in [0, 0.1) is 0 Å². The molecule has 1 heteroatoms.